The number of non-ortho nitro benzene ring substituents is 1. The van der Waals surface area contributed by atoms with Crippen LogP contribution in [0.2, 0.25) is 5.02 Å². The lowest BCUT2D eigenvalue weighted by Crippen LogP contribution is -2.45. The van der Waals surface area contributed by atoms with Crippen LogP contribution in [0.1, 0.15) is 24.4 Å². The molecule has 1 aliphatic rings. The molecular weight excluding hydrogens is 335 g/mol. The van der Waals surface area contributed by atoms with Crippen LogP contribution in [-0.4, -0.2) is 42.2 Å². The maximum atomic E-state index is 12.6. The van der Waals surface area contributed by atoms with Gasteiger partial charge in [-0.05, 0) is 18.1 Å². The van der Waals surface area contributed by atoms with Crippen molar-refractivity contribution >= 4 is 17.3 Å². The van der Waals surface area contributed by atoms with E-state index >= 15 is 0 Å². The number of rotatable bonds is 5. The first-order chi connectivity index (χ1) is 10.8. The van der Waals surface area contributed by atoms with Crippen molar-refractivity contribution < 1.29 is 18.1 Å². The highest BCUT2D eigenvalue weighted by Gasteiger charge is 2.32. The Morgan fingerprint density at radius 3 is 2.57 bits per heavy atom. The van der Waals surface area contributed by atoms with E-state index in [1.54, 1.807) is 0 Å². The fraction of sp³-hybridized carbons (Fsp3) is 0.571. The molecule has 1 saturated heterocycles. The molecule has 0 amide bonds. The third-order valence-corrected chi connectivity index (χ3v) is 4.19. The molecule has 0 radical (unpaired) electrons. The Hall–Kier alpha value is -1.38. The molecule has 1 aliphatic heterocycles. The monoisotopic (exact) mass is 351 g/mol. The van der Waals surface area contributed by atoms with E-state index in [1.165, 1.54) is 18.2 Å². The van der Waals surface area contributed by atoms with Crippen LogP contribution in [0.3, 0.4) is 0 Å². The second-order valence-electron chi connectivity index (χ2n) is 5.42. The SMILES string of the molecule is O=[N+]([O-])c1ccc(Cl)c([C@H](CCC(F)(F)F)N2CCNCC2)c1. The largest absolute Gasteiger partial charge is 0.389 e. The van der Waals surface area contributed by atoms with Gasteiger partial charge in [-0.1, -0.05) is 11.6 Å². The van der Waals surface area contributed by atoms with Crippen LogP contribution >= 0.6 is 11.6 Å². The number of nitrogens with zero attached hydrogens (tertiary/aromatic N) is 2. The number of halogens is 4. The van der Waals surface area contributed by atoms with Crippen LogP contribution in [0.5, 0.6) is 0 Å². The smallest absolute Gasteiger partial charge is 0.314 e. The van der Waals surface area contributed by atoms with Crippen LogP contribution in [0, 0.1) is 10.1 Å². The van der Waals surface area contributed by atoms with E-state index < -0.39 is 23.6 Å². The summed E-state index contributed by atoms with van der Waals surface area (Å²) >= 11 is 6.12. The Morgan fingerprint density at radius 1 is 1.35 bits per heavy atom. The van der Waals surface area contributed by atoms with Crippen molar-refractivity contribution in [3.63, 3.8) is 0 Å². The minimum absolute atomic E-state index is 0.170. The van der Waals surface area contributed by atoms with Gasteiger partial charge in [0.05, 0.1) is 4.92 Å². The second-order valence-corrected chi connectivity index (χ2v) is 5.83. The highest BCUT2D eigenvalue weighted by molar-refractivity contribution is 6.31. The van der Waals surface area contributed by atoms with Crippen molar-refractivity contribution in [1.82, 2.24) is 10.2 Å². The zero-order chi connectivity index (χ0) is 17.0. The van der Waals surface area contributed by atoms with Gasteiger partial charge in [0.25, 0.3) is 5.69 Å². The van der Waals surface area contributed by atoms with E-state index in [4.69, 9.17) is 11.6 Å². The van der Waals surface area contributed by atoms with E-state index in [0.717, 1.165) is 0 Å². The lowest BCUT2D eigenvalue weighted by Gasteiger charge is -2.35. The average Bonchev–Trinajstić information content (AvgIpc) is 2.49. The second kappa shape index (κ2) is 7.46. The van der Waals surface area contributed by atoms with Crippen LogP contribution in [0.15, 0.2) is 18.2 Å². The summed E-state index contributed by atoms with van der Waals surface area (Å²) in [6, 6.07) is 3.32. The highest BCUT2D eigenvalue weighted by Crippen LogP contribution is 2.36. The lowest BCUT2D eigenvalue weighted by atomic mass is 9.98. The minimum Gasteiger partial charge on any atom is -0.314 e. The van der Waals surface area contributed by atoms with Crippen molar-refractivity contribution in [2.24, 2.45) is 0 Å². The Kier molecular flexibility index (Phi) is 5.83. The summed E-state index contributed by atoms with van der Waals surface area (Å²) in [5, 5.41) is 14.3. The summed E-state index contributed by atoms with van der Waals surface area (Å²) in [5.74, 6) is 0. The Balaban J connectivity index is 2.31. The third kappa shape index (κ3) is 5.05. The Bertz CT molecular complexity index is 563. The number of nitrogens with one attached hydrogen (secondary N) is 1. The minimum atomic E-state index is -4.28. The predicted molar refractivity (Wildman–Crippen MR) is 80.6 cm³/mol. The fourth-order valence-corrected chi connectivity index (χ4v) is 2.97. The van der Waals surface area contributed by atoms with Crippen LogP contribution in [-0.2, 0) is 0 Å². The van der Waals surface area contributed by atoms with Gasteiger partial charge in [-0.15, -0.1) is 0 Å². The maximum absolute atomic E-state index is 12.6. The van der Waals surface area contributed by atoms with E-state index in [1.807, 2.05) is 4.90 Å². The molecule has 23 heavy (non-hydrogen) atoms. The van der Waals surface area contributed by atoms with Gasteiger partial charge in [0.2, 0.25) is 0 Å². The quantitative estimate of drug-likeness (QED) is 0.651. The first kappa shape index (κ1) is 18.0. The summed E-state index contributed by atoms with van der Waals surface area (Å²) in [6.07, 6.45) is -5.41. The molecule has 1 atom stereocenters. The van der Waals surface area contributed by atoms with Gasteiger partial charge < -0.3 is 5.32 Å². The van der Waals surface area contributed by atoms with Gasteiger partial charge in [0, 0.05) is 55.8 Å². The molecule has 0 spiro atoms. The average molecular weight is 352 g/mol. The predicted octanol–water partition coefficient (Wildman–Crippen LogP) is 3.54. The number of alkyl halides is 3. The van der Waals surface area contributed by atoms with Gasteiger partial charge in [-0.3, -0.25) is 15.0 Å². The zero-order valence-corrected chi connectivity index (χ0v) is 13.0. The zero-order valence-electron chi connectivity index (χ0n) is 12.3. The Morgan fingerprint density at radius 2 is 2.00 bits per heavy atom. The molecule has 1 fully saturated rings. The van der Waals surface area contributed by atoms with E-state index in [9.17, 15) is 23.3 Å². The number of hydrogen-bond acceptors (Lipinski definition) is 4. The summed E-state index contributed by atoms with van der Waals surface area (Å²) < 4.78 is 37.9. The molecule has 0 saturated carbocycles. The van der Waals surface area contributed by atoms with Crippen molar-refractivity contribution in [3.8, 4) is 0 Å². The molecule has 5 nitrogen and oxygen atoms in total. The fourth-order valence-electron chi connectivity index (χ4n) is 2.73. The molecule has 128 valence electrons. The normalized spacial score (nSPS) is 17.9. The summed E-state index contributed by atoms with van der Waals surface area (Å²) in [5.41, 5.74) is 0.212. The van der Waals surface area contributed by atoms with E-state index in [2.05, 4.69) is 5.32 Å². The first-order valence-corrected chi connectivity index (χ1v) is 7.61. The van der Waals surface area contributed by atoms with Crippen molar-refractivity contribution in [1.29, 1.82) is 0 Å². The standard InChI is InChI=1S/C14H17ClF3N3O2/c15-12-2-1-10(21(22)23)9-11(12)13(3-4-14(16,17)18)20-7-5-19-6-8-20/h1-2,9,13,19H,3-8H2/t13-/m0/s1. The number of nitro benzene ring substituents is 1. The Labute approximate surface area is 136 Å². The van der Waals surface area contributed by atoms with Crippen LogP contribution in [0.25, 0.3) is 0 Å². The van der Waals surface area contributed by atoms with Crippen molar-refractivity contribution in [3.05, 3.63) is 38.9 Å². The first-order valence-electron chi connectivity index (χ1n) is 7.23. The number of nitro groups is 1. The molecule has 0 bridgehead atoms. The molecule has 1 aromatic rings. The molecule has 2 rings (SSSR count). The summed E-state index contributed by atoms with van der Waals surface area (Å²) in [7, 11) is 0. The molecular formula is C14H17ClF3N3O2. The molecule has 1 heterocycles. The molecule has 1 aromatic carbocycles. The van der Waals surface area contributed by atoms with Gasteiger partial charge in [0.15, 0.2) is 0 Å². The maximum Gasteiger partial charge on any atom is 0.389 e. The number of piperazine rings is 1. The van der Waals surface area contributed by atoms with Gasteiger partial charge in [-0.25, -0.2) is 0 Å². The molecule has 1 N–H and O–H groups in total. The highest BCUT2D eigenvalue weighted by atomic mass is 35.5. The summed E-state index contributed by atoms with van der Waals surface area (Å²) in [6.45, 7) is 2.47. The van der Waals surface area contributed by atoms with E-state index in [-0.39, 0.29) is 17.1 Å². The van der Waals surface area contributed by atoms with Crippen LogP contribution in [0.4, 0.5) is 18.9 Å². The van der Waals surface area contributed by atoms with Gasteiger partial charge in [0.1, 0.15) is 0 Å². The lowest BCUT2D eigenvalue weighted by molar-refractivity contribution is -0.385. The van der Waals surface area contributed by atoms with Gasteiger partial charge in [-0.2, -0.15) is 13.2 Å². The van der Waals surface area contributed by atoms with Gasteiger partial charge >= 0.3 is 6.18 Å². The number of benzene rings is 1. The topological polar surface area (TPSA) is 58.4 Å². The molecule has 0 aliphatic carbocycles. The van der Waals surface area contributed by atoms with Crippen LogP contribution < -0.4 is 5.32 Å². The summed E-state index contributed by atoms with van der Waals surface area (Å²) in [4.78, 5) is 12.3. The molecule has 0 unspecified atom stereocenters. The third-order valence-electron chi connectivity index (χ3n) is 3.84. The van der Waals surface area contributed by atoms with Crippen molar-refractivity contribution in [2.75, 3.05) is 26.2 Å². The van der Waals surface area contributed by atoms with E-state index in [0.29, 0.717) is 31.7 Å². The molecule has 0 aromatic heterocycles. The number of hydrogen-bond donors (Lipinski definition) is 1. The van der Waals surface area contributed by atoms with Crippen molar-refractivity contribution in [2.45, 2.75) is 25.1 Å². The molecule has 9 heteroatoms.